The van der Waals surface area contributed by atoms with Crippen molar-refractivity contribution in [2.45, 2.75) is 12.2 Å². The fourth-order valence-corrected chi connectivity index (χ4v) is 4.95. The molecular weight excluding hydrogens is 497 g/mol. The molecule has 2 aromatic heterocycles. The van der Waals surface area contributed by atoms with Crippen LogP contribution in [-0.4, -0.2) is 24.7 Å². The Hall–Kier alpha value is -3.46. The summed E-state index contributed by atoms with van der Waals surface area (Å²) in [5.41, 5.74) is 5.45. The van der Waals surface area contributed by atoms with Crippen LogP contribution in [-0.2, 0) is 19.3 Å². The number of nitrogen functional groups attached to an aromatic ring is 1. The summed E-state index contributed by atoms with van der Waals surface area (Å²) in [6.07, 6.45) is 3.27. The summed E-state index contributed by atoms with van der Waals surface area (Å²) in [5.74, 6) is 6.11. The molecular formula is C27H23Cl2N5O2. The Bertz CT molecular complexity index is 1570. The van der Waals surface area contributed by atoms with Crippen molar-refractivity contribution < 1.29 is 10.2 Å². The number of imidazole rings is 1. The summed E-state index contributed by atoms with van der Waals surface area (Å²) in [4.78, 5) is 8.85. The van der Waals surface area contributed by atoms with Crippen molar-refractivity contribution in [3.63, 3.8) is 0 Å². The van der Waals surface area contributed by atoms with Crippen molar-refractivity contribution >= 4 is 39.9 Å². The molecule has 0 saturated heterocycles. The highest BCUT2D eigenvalue weighted by molar-refractivity contribution is 6.31. The standard InChI is InChI=1S/C27H23Cl2N5O2/c1-34-15-31-13-24(34)27(36,17-5-8-19(28)9-6-17)18-7-10-23-21(12-18)25(16-3-2-4-20(29)11-16)22(14-35)26(32-23)33-30/h2-13,15,35-36H,14,30H2,1H3,(H,32,33). The fraction of sp³-hybridized carbons (Fsp3) is 0.111. The van der Waals surface area contributed by atoms with Crippen molar-refractivity contribution in [3.05, 3.63) is 112 Å². The summed E-state index contributed by atoms with van der Waals surface area (Å²) in [5, 5.41) is 24.5. The number of benzene rings is 3. The molecule has 5 N–H and O–H groups in total. The first-order valence-electron chi connectivity index (χ1n) is 11.1. The normalized spacial score (nSPS) is 13.1. The molecule has 1 unspecified atom stereocenters. The molecule has 0 amide bonds. The molecule has 0 fully saturated rings. The number of hydrazine groups is 1. The maximum Gasteiger partial charge on any atom is 0.156 e. The van der Waals surface area contributed by atoms with Gasteiger partial charge in [-0.3, -0.25) is 0 Å². The van der Waals surface area contributed by atoms with Gasteiger partial charge in [0.2, 0.25) is 0 Å². The number of nitrogens with two attached hydrogens (primary N) is 1. The zero-order chi connectivity index (χ0) is 25.4. The largest absolute Gasteiger partial charge is 0.392 e. The van der Waals surface area contributed by atoms with Gasteiger partial charge in [0, 0.05) is 33.6 Å². The number of fused-ring (bicyclic) bond motifs is 1. The Labute approximate surface area is 217 Å². The quantitative estimate of drug-likeness (QED) is 0.185. The molecule has 5 aromatic rings. The number of nitrogens with one attached hydrogen (secondary N) is 1. The van der Waals surface area contributed by atoms with Gasteiger partial charge in [0.05, 0.1) is 30.3 Å². The van der Waals surface area contributed by atoms with E-state index in [1.54, 1.807) is 47.4 Å². The number of aliphatic hydroxyl groups excluding tert-OH is 1. The van der Waals surface area contributed by atoms with E-state index in [0.29, 0.717) is 54.7 Å². The van der Waals surface area contributed by atoms with Gasteiger partial charge >= 0.3 is 0 Å². The molecule has 0 aliphatic rings. The number of hydrogen-bond donors (Lipinski definition) is 4. The predicted octanol–water partition coefficient (Wildman–Crippen LogP) is 5.00. The van der Waals surface area contributed by atoms with Gasteiger partial charge in [0.15, 0.2) is 5.60 Å². The number of pyridine rings is 1. The highest BCUT2D eigenvalue weighted by atomic mass is 35.5. The van der Waals surface area contributed by atoms with Crippen molar-refractivity contribution in [2.24, 2.45) is 12.9 Å². The van der Waals surface area contributed by atoms with E-state index in [2.05, 4.69) is 15.4 Å². The zero-order valence-electron chi connectivity index (χ0n) is 19.3. The van der Waals surface area contributed by atoms with Gasteiger partial charge in [0.1, 0.15) is 5.82 Å². The number of anilines is 1. The van der Waals surface area contributed by atoms with E-state index >= 15 is 0 Å². The van der Waals surface area contributed by atoms with E-state index in [4.69, 9.17) is 29.0 Å². The van der Waals surface area contributed by atoms with Crippen LogP contribution in [0.15, 0.2) is 79.3 Å². The number of aromatic nitrogens is 3. The van der Waals surface area contributed by atoms with Crippen LogP contribution in [0, 0.1) is 0 Å². The molecule has 0 bridgehead atoms. The highest BCUT2D eigenvalue weighted by Gasteiger charge is 2.37. The predicted molar refractivity (Wildman–Crippen MR) is 143 cm³/mol. The fourth-order valence-electron chi connectivity index (χ4n) is 4.63. The van der Waals surface area contributed by atoms with Gasteiger partial charge in [-0.25, -0.2) is 15.8 Å². The van der Waals surface area contributed by atoms with E-state index in [1.807, 2.05) is 43.4 Å². The minimum Gasteiger partial charge on any atom is -0.392 e. The van der Waals surface area contributed by atoms with Gasteiger partial charge in [-0.15, -0.1) is 0 Å². The van der Waals surface area contributed by atoms with Gasteiger partial charge in [-0.05, 0) is 53.1 Å². The first-order valence-corrected chi connectivity index (χ1v) is 11.9. The minimum atomic E-state index is -1.56. The van der Waals surface area contributed by atoms with Crippen molar-refractivity contribution in [3.8, 4) is 11.1 Å². The molecule has 0 aliphatic heterocycles. The average Bonchev–Trinajstić information content (AvgIpc) is 3.33. The molecule has 0 aliphatic carbocycles. The van der Waals surface area contributed by atoms with Crippen LogP contribution in [0.3, 0.4) is 0 Å². The number of nitrogens with zero attached hydrogens (tertiary/aromatic N) is 3. The third-order valence-corrected chi connectivity index (χ3v) is 6.85. The summed E-state index contributed by atoms with van der Waals surface area (Å²) in [6, 6.07) is 19.9. The summed E-state index contributed by atoms with van der Waals surface area (Å²) >= 11 is 12.5. The lowest BCUT2D eigenvalue weighted by molar-refractivity contribution is 0.117. The SMILES string of the molecule is Cn1cncc1C(O)(c1ccc(Cl)cc1)c1ccc2nc(NN)c(CO)c(-c3cccc(Cl)c3)c2c1. The third kappa shape index (κ3) is 4.01. The molecule has 5 rings (SSSR count). The van der Waals surface area contributed by atoms with Crippen LogP contribution in [0.1, 0.15) is 22.4 Å². The number of rotatable bonds is 6. The molecule has 36 heavy (non-hydrogen) atoms. The Morgan fingerprint density at radius 1 is 1.00 bits per heavy atom. The number of halogens is 2. The maximum absolute atomic E-state index is 12.4. The van der Waals surface area contributed by atoms with Gasteiger partial charge in [0.25, 0.3) is 0 Å². The molecule has 2 heterocycles. The summed E-state index contributed by atoms with van der Waals surface area (Å²) in [6.45, 7) is -0.308. The second kappa shape index (κ2) is 9.54. The molecule has 3 aromatic carbocycles. The minimum absolute atomic E-state index is 0.308. The molecule has 0 spiro atoms. The molecule has 9 heteroatoms. The smallest absolute Gasteiger partial charge is 0.156 e. The van der Waals surface area contributed by atoms with Crippen LogP contribution in [0.2, 0.25) is 10.0 Å². The Morgan fingerprint density at radius 2 is 1.75 bits per heavy atom. The molecule has 182 valence electrons. The van der Waals surface area contributed by atoms with E-state index in [-0.39, 0.29) is 6.61 Å². The van der Waals surface area contributed by atoms with Crippen LogP contribution in [0.4, 0.5) is 5.82 Å². The lowest BCUT2D eigenvalue weighted by atomic mass is 9.82. The Kier molecular flexibility index (Phi) is 6.42. The molecule has 1 atom stereocenters. The number of hydrogen-bond acceptors (Lipinski definition) is 6. The first kappa shape index (κ1) is 24.2. The summed E-state index contributed by atoms with van der Waals surface area (Å²) in [7, 11) is 1.83. The lowest BCUT2D eigenvalue weighted by Gasteiger charge is -2.30. The Balaban J connectivity index is 1.86. The third-order valence-electron chi connectivity index (χ3n) is 6.36. The van der Waals surface area contributed by atoms with E-state index in [1.165, 1.54) is 0 Å². The average molecular weight is 520 g/mol. The molecule has 0 saturated carbocycles. The molecule has 7 nitrogen and oxygen atoms in total. The van der Waals surface area contributed by atoms with Crippen molar-refractivity contribution in [1.29, 1.82) is 0 Å². The topological polar surface area (TPSA) is 109 Å². The second-order valence-corrected chi connectivity index (χ2v) is 9.34. The van der Waals surface area contributed by atoms with Crippen LogP contribution in [0.5, 0.6) is 0 Å². The summed E-state index contributed by atoms with van der Waals surface area (Å²) < 4.78 is 1.77. The van der Waals surface area contributed by atoms with Crippen molar-refractivity contribution in [2.75, 3.05) is 5.43 Å². The number of aryl methyl sites for hydroxylation is 1. The molecule has 0 radical (unpaired) electrons. The highest BCUT2D eigenvalue weighted by Crippen LogP contribution is 2.41. The van der Waals surface area contributed by atoms with Gasteiger partial charge < -0.3 is 20.2 Å². The zero-order valence-corrected chi connectivity index (χ0v) is 20.8. The second-order valence-electron chi connectivity index (χ2n) is 8.47. The van der Waals surface area contributed by atoms with E-state index in [9.17, 15) is 10.2 Å². The lowest BCUT2D eigenvalue weighted by Crippen LogP contribution is -2.31. The van der Waals surface area contributed by atoms with Crippen LogP contribution in [0.25, 0.3) is 22.0 Å². The monoisotopic (exact) mass is 519 g/mol. The maximum atomic E-state index is 12.4. The van der Waals surface area contributed by atoms with E-state index in [0.717, 1.165) is 5.56 Å². The van der Waals surface area contributed by atoms with Gasteiger partial charge in [-0.1, -0.05) is 53.5 Å². The van der Waals surface area contributed by atoms with Crippen LogP contribution >= 0.6 is 23.2 Å². The number of aliphatic hydroxyl groups is 2. The van der Waals surface area contributed by atoms with E-state index < -0.39 is 5.60 Å². The Morgan fingerprint density at radius 3 is 2.39 bits per heavy atom. The van der Waals surface area contributed by atoms with Crippen LogP contribution < -0.4 is 11.3 Å². The van der Waals surface area contributed by atoms with Gasteiger partial charge in [-0.2, -0.15) is 0 Å². The van der Waals surface area contributed by atoms with Crippen molar-refractivity contribution in [1.82, 2.24) is 14.5 Å². The first-order chi connectivity index (χ1) is 17.4.